The molecule has 1 fully saturated rings. The molecule has 0 spiro atoms. The van der Waals surface area contributed by atoms with Crippen LogP contribution < -0.4 is 10.1 Å². The zero-order valence-electron chi connectivity index (χ0n) is 9.53. The van der Waals surface area contributed by atoms with Crippen LogP contribution in [0.15, 0.2) is 24.3 Å². The molecule has 3 heteroatoms. The topological polar surface area (TPSA) is 38.3 Å². The monoisotopic (exact) mass is 219 g/mol. The van der Waals surface area contributed by atoms with E-state index < -0.39 is 0 Å². The van der Waals surface area contributed by atoms with E-state index >= 15 is 0 Å². The lowest BCUT2D eigenvalue weighted by molar-refractivity contribution is -0.121. The fourth-order valence-corrected chi connectivity index (χ4v) is 1.42. The predicted octanol–water partition coefficient (Wildman–Crippen LogP) is 2.04. The molecule has 2 rings (SSSR count). The van der Waals surface area contributed by atoms with Gasteiger partial charge in [0.25, 0.3) is 0 Å². The van der Waals surface area contributed by atoms with E-state index in [1.165, 1.54) is 5.56 Å². The normalized spacial score (nSPS) is 14.6. The Bertz CT molecular complexity index is 355. The van der Waals surface area contributed by atoms with E-state index in [1.54, 1.807) is 0 Å². The number of carbonyl (C=O) groups excluding carboxylic acids is 1. The Morgan fingerprint density at radius 1 is 1.38 bits per heavy atom. The minimum atomic E-state index is 0.0922. The Morgan fingerprint density at radius 2 is 2.06 bits per heavy atom. The van der Waals surface area contributed by atoms with Gasteiger partial charge in [-0.1, -0.05) is 17.7 Å². The highest BCUT2D eigenvalue weighted by Crippen LogP contribution is 2.18. The number of amides is 1. The fourth-order valence-electron chi connectivity index (χ4n) is 1.42. The quantitative estimate of drug-likeness (QED) is 0.823. The van der Waals surface area contributed by atoms with Crippen molar-refractivity contribution in [1.82, 2.24) is 5.32 Å². The number of rotatable bonds is 5. The van der Waals surface area contributed by atoms with E-state index in [-0.39, 0.29) is 5.91 Å². The van der Waals surface area contributed by atoms with Crippen molar-refractivity contribution in [3.63, 3.8) is 0 Å². The molecule has 1 aromatic rings. The van der Waals surface area contributed by atoms with E-state index in [2.05, 4.69) is 5.32 Å². The van der Waals surface area contributed by atoms with Crippen LogP contribution in [-0.4, -0.2) is 18.6 Å². The Kier molecular flexibility index (Phi) is 3.44. The number of carbonyl (C=O) groups is 1. The standard InChI is InChI=1S/C13H17NO2/c1-10-2-6-12(7-3-10)16-9-8-13(15)14-11-4-5-11/h2-3,6-7,11H,4-5,8-9H2,1H3,(H,14,15). The largest absolute Gasteiger partial charge is 0.493 e. The van der Waals surface area contributed by atoms with Crippen LogP contribution in [0.1, 0.15) is 24.8 Å². The zero-order chi connectivity index (χ0) is 11.4. The first-order chi connectivity index (χ1) is 7.74. The average molecular weight is 219 g/mol. The van der Waals surface area contributed by atoms with Crippen molar-refractivity contribution < 1.29 is 9.53 Å². The lowest BCUT2D eigenvalue weighted by Gasteiger charge is -2.06. The molecule has 0 atom stereocenters. The molecule has 1 aromatic carbocycles. The van der Waals surface area contributed by atoms with Crippen LogP contribution in [-0.2, 0) is 4.79 Å². The molecule has 1 saturated carbocycles. The highest BCUT2D eigenvalue weighted by molar-refractivity contribution is 5.76. The molecule has 0 aliphatic heterocycles. The average Bonchev–Trinajstić information content (AvgIpc) is 3.05. The third-order valence-corrected chi connectivity index (χ3v) is 2.56. The maximum Gasteiger partial charge on any atom is 0.223 e. The molecule has 0 saturated heterocycles. The van der Waals surface area contributed by atoms with Gasteiger partial charge in [-0.2, -0.15) is 0 Å². The third kappa shape index (κ3) is 3.57. The van der Waals surface area contributed by atoms with Crippen molar-refractivity contribution >= 4 is 5.91 Å². The first-order valence-electron chi connectivity index (χ1n) is 5.73. The number of hydrogen-bond acceptors (Lipinski definition) is 2. The van der Waals surface area contributed by atoms with Gasteiger partial charge in [0.15, 0.2) is 0 Å². The molecule has 3 nitrogen and oxygen atoms in total. The number of ether oxygens (including phenoxy) is 1. The van der Waals surface area contributed by atoms with Gasteiger partial charge in [0.1, 0.15) is 5.75 Å². The van der Waals surface area contributed by atoms with Crippen LogP contribution in [0.5, 0.6) is 5.75 Å². The van der Waals surface area contributed by atoms with Crippen molar-refractivity contribution in [1.29, 1.82) is 0 Å². The van der Waals surface area contributed by atoms with Crippen LogP contribution in [0.25, 0.3) is 0 Å². The lowest BCUT2D eigenvalue weighted by atomic mass is 10.2. The second-order valence-electron chi connectivity index (χ2n) is 4.25. The van der Waals surface area contributed by atoms with Crippen molar-refractivity contribution in [2.45, 2.75) is 32.2 Å². The van der Waals surface area contributed by atoms with Crippen LogP contribution in [0, 0.1) is 6.92 Å². The summed E-state index contributed by atoms with van der Waals surface area (Å²) in [6.45, 7) is 2.48. The molecule has 0 radical (unpaired) electrons. The summed E-state index contributed by atoms with van der Waals surface area (Å²) in [4.78, 5) is 11.3. The molecule has 0 bridgehead atoms. The number of nitrogens with one attached hydrogen (secondary N) is 1. The summed E-state index contributed by atoms with van der Waals surface area (Å²) < 4.78 is 5.47. The zero-order valence-corrected chi connectivity index (χ0v) is 9.53. The first-order valence-corrected chi connectivity index (χ1v) is 5.73. The van der Waals surface area contributed by atoms with E-state index in [0.29, 0.717) is 19.1 Å². The second-order valence-corrected chi connectivity index (χ2v) is 4.25. The molecule has 16 heavy (non-hydrogen) atoms. The van der Waals surface area contributed by atoms with E-state index in [1.807, 2.05) is 31.2 Å². The van der Waals surface area contributed by atoms with E-state index in [4.69, 9.17) is 4.74 Å². The summed E-state index contributed by atoms with van der Waals surface area (Å²) in [5.41, 5.74) is 1.21. The van der Waals surface area contributed by atoms with Crippen molar-refractivity contribution in [3.05, 3.63) is 29.8 Å². The first kappa shape index (κ1) is 11.0. The van der Waals surface area contributed by atoms with Crippen molar-refractivity contribution in [2.75, 3.05) is 6.61 Å². The Hall–Kier alpha value is -1.51. The molecular formula is C13H17NO2. The third-order valence-electron chi connectivity index (χ3n) is 2.56. The number of aryl methyl sites for hydroxylation is 1. The van der Waals surface area contributed by atoms with Crippen molar-refractivity contribution in [3.8, 4) is 5.75 Å². The van der Waals surface area contributed by atoms with Crippen molar-refractivity contribution in [2.24, 2.45) is 0 Å². The van der Waals surface area contributed by atoms with Gasteiger partial charge in [-0.3, -0.25) is 4.79 Å². The van der Waals surface area contributed by atoms with Gasteiger partial charge in [-0.25, -0.2) is 0 Å². The molecule has 1 N–H and O–H groups in total. The Morgan fingerprint density at radius 3 is 2.69 bits per heavy atom. The molecule has 1 aliphatic carbocycles. The van der Waals surface area contributed by atoms with Crippen LogP contribution >= 0.6 is 0 Å². The molecule has 1 amide bonds. The van der Waals surface area contributed by atoms with Crippen LogP contribution in [0.3, 0.4) is 0 Å². The SMILES string of the molecule is Cc1ccc(OCCC(=O)NC2CC2)cc1. The number of hydrogen-bond donors (Lipinski definition) is 1. The van der Waals surface area contributed by atoms with Crippen LogP contribution in [0.4, 0.5) is 0 Å². The van der Waals surface area contributed by atoms with Gasteiger partial charge >= 0.3 is 0 Å². The minimum absolute atomic E-state index is 0.0922. The summed E-state index contributed by atoms with van der Waals surface area (Å²) in [6.07, 6.45) is 2.69. The van der Waals surface area contributed by atoms with Crippen LogP contribution in [0.2, 0.25) is 0 Å². The van der Waals surface area contributed by atoms with E-state index in [0.717, 1.165) is 18.6 Å². The highest BCUT2D eigenvalue weighted by Gasteiger charge is 2.22. The van der Waals surface area contributed by atoms with Gasteiger partial charge < -0.3 is 10.1 Å². The predicted molar refractivity (Wildman–Crippen MR) is 62.5 cm³/mol. The molecule has 0 aromatic heterocycles. The molecule has 86 valence electrons. The number of benzene rings is 1. The molecular weight excluding hydrogens is 202 g/mol. The summed E-state index contributed by atoms with van der Waals surface area (Å²) >= 11 is 0. The summed E-state index contributed by atoms with van der Waals surface area (Å²) in [5, 5.41) is 2.93. The Labute approximate surface area is 95.8 Å². The molecule has 0 unspecified atom stereocenters. The van der Waals surface area contributed by atoms with E-state index in [9.17, 15) is 4.79 Å². The fraction of sp³-hybridized carbons (Fsp3) is 0.462. The maximum absolute atomic E-state index is 11.3. The molecule has 0 heterocycles. The maximum atomic E-state index is 11.3. The van der Waals surface area contributed by atoms with Gasteiger partial charge in [-0.05, 0) is 31.9 Å². The van der Waals surface area contributed by atoms with Gasteiger partial charge in [0, 0.05) is 6.04 Å². The molecule has 1 aliphatic rings. The van der Waals surface area contributed by atoms with Gasteiger partial charge in [0.2, 0.25) is 5.91 Å². The van der Waals surface area contributed by atoms with Gasteiger partial charge in [-0.15, -0.1) is 0 Å². The lowest BCUT2D eigenvalue weighted by Crippen LogP contribution is -2.26. The summed E-state index contributed by atoms with van der Waals surface area (Å²) in [5.74, 6) is 0.916. The highest BCUT2D eigenvalue weighted by atomic mass is 16.5. The minimum Gasteiger partial charge on any atom is -0.493 e. The summed E-state index contributed by atoms with van der Waals surface area (Å²) in [6, 6.07) is 8.29. The van der Waals surface area contributed by atoms with Gasteiger partial charge in [0.05, 0.1) is 13.0 Å². The summed E-state index contributed by atoms with van der Waals surface area (Å²) in [7, 11) is 0. The smallest absolute Gasteiger partial charge is 0.223 e. The second kappa shape index (κ2) is 5.01. The Balaban J connectivity index is 1.66.